The molecule has 2 aromatic carbocycles. The van der Waals surface area contributed by atoms with Crippen molar-refractivity contribution in [2.75, 3.05) is 39.3 Å². The van der Waals surface area contributed by atoms with E-state index in [2.05, 4.69) is 15.1 Å². The lowest BCUT2D eigenvalue weighted by Gasteiger charge is -2.33. The van der Waals surface area contributed by atoms with E-state index in [0.717, 1.165) is 41.5 Å². The highest BCUT2D eigenvalue weighted by atomic mass is 16.5. The fourth-order valence-corrected chi connectivity index (χ4v) is 4.14. The van der Waals surface area contributed by atoms with E-state index in [1.807, 2.05) is 36.4 Å². The molecular weight excluding hydrogens is 382 g/mol. The standard InChI is InChI=1S/C23H25N3O4/c1-28-19-12-17-18(21(29-2)22(19)30-3)13-24-25-23(17)26-11-7-10-16(14-26)20(27)15-8-5-4-6-9-15/h4-6,8-9,12-13,16H,7,10-11,14H2,1-3H3. The van der Waals surface area contributed by atoms with E-state index in [1.54, 1.807) is 27.5 Å². The van der Waals surface area contributed by atoms with Gasteiger partial charge in [-0.25, -0.2) is 0 Å². The molecule has 1 fully saturated rings. The lowest BCUT2D eigenvalue weighted by Crippen LogP contribution is -2.39. The summed E-state index contributed by atoms with van der Waals surface area (Å²) in [5, 5.41) is 10.3. The van der Waals surface area contributed by atoms with Gasteiger partial charge in [0, 0.05) is 30.0 Å². The van der Waals surface area contributed by atoms with Crippen molar-refractivity contribution < 1.29 is 19.0 Å². The third kappa shape index (κ3) is 3.51. The molecule has 7 nitrogen and oxygen atoms in total. The van der Waals surface area contributed by atoms with Crippen LogP contribution in [0.2, 0.25) is 0 Å². The number of ether oxygens (including phenoxy) is 3. The van der Waals surface area contributed by atoms with E-state index in [4.69, 9.17) is 14.2 Å². The highest BCUT2D eigenvalue weighted by molar-refractivity contribution is 6.00. The molecule has 0 bridgehead atoms. The Morgan fingerprint density at radius 3 is 2.50 bits per heavy atom. The average Bonchev–Trinajstić information content (AvgIpc) is 2.82. The van der Waals surface area contributed by atoms with E-state index in [0.29, 0.717) is 23.8 Å². The second kappa shape index (κ2) is 8.57. The van der Waals surface area contributed by atoms with Crippen molar-refractivity contribution in [2.24, 2.45) is 5.92 Å². The third-order valence-corrected chi connectivity index (χ3v) is 5.60. The molecule has 156 valence electrons. The molecule has 0 spiro atoms. The number of rotatable bonds is 6. The lowest BCUT2D eigenvalue weighted by atomic mass is 9.90. The first-order valence-corrected chi connectivity index (χ1v) is 9.96. The van der Waals surface area contributed by atoms with Crippen LogP contribution in [0.3, 0.4) is 0 Å². The highest BCUT2D eigenvalue weighted by Crippen LogP contribution is 2.45. The molecule has 0 radical (unpaired) electrons. The van der Waals surface area contributed by atoms with Crippen molar-refractivity contribution in [3.05, 3.63) is 48.2 Å². The summed E-state index contributed by atoms with van der Waals surface area (Å²) in [4.78, 5) is 15.1. The van der Waals surface area contributed by atoms with Crippen molar-refractivity contribution in [2.45, 2.75) is 12.8 Å². The second-order valence-corrected chi connectivity index (χ2v) is 7.29. The minimum absolute atomic E-state index is 0.0831. The van der Waals surface area contributed by atoms with Crippen LogP contribution in [0.15, 0.2) is 42.6 Å². The number of benzene rings is 2. The zero-order valence-corrected chi connectivity index (χ0v) is 17.4. The molecule has 4 rings (SSSR count). The maximum Gasteiger partial charge on any atom is 0.204 e. The van der Waals surface area contributed by atoms with Gasteiger partial charge in [-0.05, 0) is 18.9 Å². The van der Waals surface area contributed by atoms with Crippen LogP contribution in [-0.4, -0.2) is 50.4 Å². The number of aromatic nitrogens is 2. The Bertz CT molecular complexity index is 1060. The first-order chi connectivity index (χ1) is 14.7. The zero-order chi connectivity index (χ0) is 21.1. The summed E-state index contributed by atoms with van der Waals surface area (Å²) >= 11 is 0. The second-order valence-electron chi connectivity index (χ2n) is 7.29. The average molecular weight is 407 g/mol. The summed E-state index contributed by atoms with van der Waals surface area (Å²) < 4.78 is 16.6. The van der Waals surface area contributed by atoms with Gasteiger partial charge in [0.1, 0.15) is 0 Å². The summed E-state index contributed by atoms with van der Waals surface area (Å²) in [7, 11) is 4.76. The number of carbonyl (C=O) groups is 1. The summed E-state index contributed by atoms with van der Waals surface area (Å²) in [5.41, 5.74) is 0.751. The number of carbonyl (C=O) groups excluding carboxylic acids is 1. The van der Waals surface area contributed by atoms with E-state index in [9.17, 15) is 4.79 Å². The minimum atomic E-state index is -0.0831. The van der Waals surface area contributed by atoms with Crippen molar-refractivity contribution in [1.82, 2.24) is 10.2 Å². The number of fused-ring (bicyclic) bond motifs is 1. The van der Waals surface area contributed by atoms with Crippen molar-refractivity contribution in [3.63, 3.8) is 0 Å². The molecule has 2 heterocycles. The zero-order valence-electron chi connectivity index (χ0n) is 17.4. The fraction of sp³-hybridized carbons (Fsp3) is 0.348. The number of hydrogen-bond acceptors (Lipinski definition) is 7. The summed E-state index contributed by atoms with van der Waals surface area (Å²) in [5.74, 6) is 2.44. The molecule has 0 amide bonds. The largest absolute Gasteiger partial charge is 0.493 e. The van der Waals surface area contributed by atoms with Crippen LogP contribution in [0.5, 0.6) is 17.2 Å². The number of hydrogen-bond donors (Lipinski definition) is 0. The first kappa shape index (κ1) is 19.9. The van der Waals surface area contributed by atoms with E-state index in [1.165, 1.54) is 0 Å². The number of piperidine rings is 1. The van der Waals surface area contributed by atoms with E-state index >= 15 is 0 Å². The fourth-order valence-electron chi connectivity index (χ4n) is 4.14. The lowest BCUT2D eigenvalue weighted by molar-refractivity contribution is 0.0907. The van der Waals surface area contributed by atoms with Crippen molar-refractivity contribution in [3.8, 4) is 17.2 Å². The Morgan fingerprint density at radius 1 is 1.03 bits per heavy atom. The van der Waals surface area contributed by atoms with Crippen LogP contribution in [-0.2, 0) is 0 Å². The predicted molar refractivity (Wildman–Crippen MR) is 115 cm³/mol. The van der Waals surface area contributed by atoms with Gasteiger partial charge < -0.3 is 19.1 Å². The molecule has 1 aromatic heterocycles. The molecule has 1 unspecified atom stereocenters. The van der Waals surface area contributed by atoms with Gasteiger partial charge in [-0.3, -0.25) is 4.79 Å². The predicted octanol–water partition coefficient (Wildman–Crippen LogP) is 3.75. The summed E-state index contributed by atoms with van der Waals surface area (Å²) in [6.07, 6.45) is 3.44. The van der Waals surface area contributed by atoms with Crippen LogP contribution < -0.4 is 19.1 Å². The van der Waals surface area contributed by atoms with Crippen LogP contribution in [0.4, 0.5) is 5.82 Å². The molecule has 0 aliphatic carbocycles. The number of nitrogens with zero attached hydrogens (tertiary/aromatic N) is 3. The molecule has 0 saturated carbocycles. The van der Waals surface area contributed by atoms with Gasteiger partial charge in [0.25, 0.3) is 0 Å². The molecule has 30 heavy (non-hydrogen) atoms. The monoisotopic (exact) mass is 407 g/mol. The van der Waals surface area contributed by atoms with Gasteiger partial charge in [-0.15, -0.1) is 5.10 Å². The number of Topliss-reactive ketones (excluding diaryl/α,β-unsaturated/α-hetero) is 1. The smallest absolute Gasteiger partial charge is 0.204 e. The number of ketones is 1. The Labute approximate surface area is 175 Å². The Kier molecular flexibility index (Phi) is 5.70. The van der Waals surface area contributed by atoms with E-state index < -0.39 is 0 Å². The molecule has 1 aliphatic rings. The number of methoxy groups -OCH3 is 3. The molecular formula is C23H25N3O4. The van der Waals surface area contributed by atoms with Crippen LogP contribution in [0.25, 0.3) is 10.8 Å². The van der Waals surface area contributed by atoms with Gasteiger partial charge in [-0.2, -0.15) is 5.10 Å². The topological polar surface area (TPSA) is 73.8 Å². The maximum atomic E-state index is 13.0. The van der Waals surface area contributed by atoms with Gasteiger partial charge in [-0.1, -0.05) is 30.3 Å². The Balaban J connectivity index is 1.73. The Morgan fingerprint density at radius 2 is 1.80 bits per heavy atom. The van der Waals surface area contributed by atoms with Gasteiger partial charge >= 0.3 is 0 Å². The van der Waals surface area contributed by atoms with Crippen LogP contribution in [0.1, 0.15) is 23.2 Å². The maximum absolute atomic E-state index is 13.0. The summed E-state index contributed by atoms with van der Waals surface area (Å²) in [6.45, 7) is 1.40. The molecule has 1 saturated heterocycles. The van der Waals surface area contributed by atoms with E-state index in [-0.39, 0.29) is 11.7 Å². The molecule has 3 aromatic rings. The SMILES string of the molecule is COc1cc2c(N3CCCC(C(=O)c4ccccc4)C3)nncc2c(OC)c1OC. The Hall–Kier alpha value is -3.35. The van der Waals surface area contributed by atoms with Crippen molar-refractivity contribution >= 4 is 22.4 Å². The first-order valence-electron chi connectivity index (χ1n) is 9.96. The number of anilines is 1. The van der Waals surface area contributed by atoms with Crippen LogP contribution in [0, 0.1) is 5.92 Å². The van der Waals surface area contributed by atoms with Gasteiger partial charge in [0.2, 0.25) is 5.75 Å². The van der Waals surface area contributed by atoms with Crippen molar-refractivity contribution in [1.29, 1.82) is 0 Å². The van der Waals surface area contributed by atoms with Gasteiger partial charge in [0.05, 0.1) is 32.9 Å². The summed E-state index contributed by atoms with van der Waals surface area (Å²) in [6, 6.07) is 11.4. The minimum Gasteiger partial charge on any atom is -0.493 e. The molecule has 1 aliphatic heterocycles. The third-order valence-electron chi connectivity index (χ3n) is 5.60. The quantitative estimate of drug-likeness (QED) is 0.576. The normalized spacial score (nSPS) is 16.4. The highest BCUT2D eigenvalue weighted by Gasteiger charge is 2.29. The molecule has 1 atom stereocenters. The molecule has 0 N–H and O–H groups in total. The van der Waals surface area contributed by atoms with Crippen LogP contribution >= 0.6 is 0 Å². The molecule has 7 heteroatoms. The van der Waals surface area contributed by atoms with Gasteiger partial charge in [0.15, 0.2) is 23.1 Å².